The third-order valence-corrected chi connectivity index (χ3v) is 2.48. The number of halogens is 2. The zero-order valence-electron chi connectivity index (χ0n) is 7.43. The van der Waals surface area contributed by atoms with E-state index in [1.54, 1.807) is 13.0 Å². The molecule has 0 aliphatic heterocycles. The molecule has 13 heavy (non-hydrogen) atoms. The van der Waals surface area contributed by atoms with Crippen LogP contribution in [0.1, 0.15) is 18.9 Å². The van der Waals surface area contributed by atoms with Crippen molar-refractivity contribution in [3.8, 4) is 0 Å². The smallest absolute Gasteiger partial charge is 0.137 e. The van der Waals surface area contributed by atoms with Gasteiger partial charge in [0, 0.05) is 0 Å². The van der Waals surface area contributed by atoms with Gasteiger partial charge in [-0.05, 0) is 53.4 Å². The Labute approximate surface area is 85.7 Å². The van der Waals surface area contributed by atoms with E-state index in [0.29, 0.717) is 17.3 Å². The van der Waals surface area contributed by atoms with Crippen LogP contribution in [-0.4, -0.2) is 11.2 Å². The fourth-order valence-corrected chi connectivity index (χ4v) is 1.32. The molecule has 0 heterocycles. The lowest BCUT2D eigenvalue weighted by molar-refractivity contribution is 0.185. The molecule has 1 aromatic rings. The van der Waals surface area contributed by atoms with Gasteiger partial charge in [-0.15, -0.1) is 0 Å². The quantitative estimate of drug-likeness (QED) is 0.870. The number of aliphatic hydroxyl groups is 1. The number of aliphatic hydroxyl groups excluding tert-OH is 1. The van der Waals surface area contributed by atoms with Gasteiger partial charge < -0.3 is 5.11 Å². The van der Waals surface area contributed by atoms with E-state index in [1.807, 2.05) is 6.07 Å². The van der Waals surface area contributed by atoms with Crippen LogP contribution in [0.15, 0.2) is 22.7 Å². The summed E-state index contributed by atoms with van der Waals surface area (Å²) in [5.41, 5.74) is 0.918. The zero-order valence-corrected chi connectivity index (χ0v) is 9.01. The van der Waals surface area contributed by atoms with Crippen molar-refractivity contribution in [2.45, 2.75) is 25.9 Å². The summed E-state index contributed by atoms with van der Waals surface area (Å²) in [6, 6.07) is 5.04. The first-order chi connectivity index (χ1) is 6.09. The Morgan fingerprint density at radius 3 is 2.77 bits per heavy atom. The minimum Gasteiger partial charge on any atom is -0.393 e. The number of hydrogen-bond donors (Lipinski definition) is 1. The summed E-state index contributed by atoms with van der Waals surface area (Å²) in [5.74, 6) is -0.247. The molecule has 72 valence electrons. The van der Waals surface area contributed by atoms with Crippen molar-refractivity contribution in [1.29, 1.82) is 0 Å². The van der Waals surface area contributed by atoms with Gasteiger partial charge >= 0.3 is 0 Å². The lowest BCUT2D eigenvalue weighted by Gasteiger charge is -2.04. The van der Waals surface area contributed by atoms with E-state index in [-0.39, 0.29) is 11.9 Å². The van der Waals surface area contributed by atoms with Crippen LogP contribution in [0.5, 0.6) is 0 Å². The average Bonchev–Trinajstić information content (AvgIpc) is 2.07. The molecule has 0 saturated carbocycles. The van der Waals surface area contributed by atoms with Gasteiger partial charge in [0.25, 0.3) is 0 Å². The minimum atomic E-state index is -0.327. The lowest BCUT2D eigenvalue weighted by atomic mass is 10.1. The van der Waals surface area contributed by atoms with E-state index in [4.69, 9.17) is 5.11 Å². The summed E-state index contributed by atoms with van der Waals surface area (Å²) in [6.07, 6.45) is 1.05. The second-order valence-corrected chi connectivity index (χ2v) is 3.99. The second-order valence-electron chi connectivity index (χ2n) is 3.14. The Morgan fingerprint density at radius 1 is 1.54 bits per heavy atom. The van der Waals surface area contributed by atoms with Crippen molar-refractivity contribution < 1.29 is 9.50 Å². The zero-order chi connectivity index (χ0) is 9.84. The van der Waals surface area contributed by atoms with E-state index in [9.17, 15) is 4.39 Å². The maximum atomic E-state index is 13.0. The minimum absolute atomic E-state index is 0.247. The average molecular weight is 247 g/mol. The van der Waals surface area contributed by atoms with E-state index >= 15 is 0 Å². The van der Waals surface area contributed by atoms with E-state index < -0.39 is 0 Å². The Balaban J connectivity index is 2.63. The highest BCUT2D eigenvalue weighted by atomic mass is 79.9. The maximum absolute atomic E-state index is 13.0. The molecule has 0 aromatic heterocycles. The van der Waals surface area contributed by atoms with Gasteiger partial charge in [-0.3, -0.25) is 0 Å². The van der Waals surface area contributed by atoms with Crippen LogP contribution in [0.25, 0.3) is 0 Å². The number of benzene rings is 1. The number of hydrogen-bond acceptors (Lipinski definition) is 1. The van der Waals surface area contributed by atoms with Crippen LogP contribution < -0.4 is 0 Å². The van der Waals surface area contributed by atoms with Crippen LogP contribution in [0.3, 0.4) is 0 Å². The second kappa shape index (κ2) is 4.72. The Kier molecular flexibility index (Phi) is 3.88. The molecule has 0 radical (unpaired) electrons. The van der Waals surface area contributed by atoms with E-state index in [0.717, 1.165) is 5.56 Å². The normalized spacial score (nSPS) is 12.9. The Bertz CT molecular complexity index is 286. The first kappa shape index (κ1) is 10.7. The molecule has 1 nitrogen and oxygen atoms in total. The molecule has 0 spiro atoms. The molecular formula is C10H12BrFO. The number of rotatable bonds is 3. The summed E-state index contributed by atoms with van der Waals surface area (Å²) >= 11 is 3.08. The summed E-state index contributed by atoms with van der Waals surface area (Å²) < 4.78 is 13.5. The fraction of sp³-hybridized carbons (Fsp3) is 0.400. The summed E-state index contributed by atoms with van der Waals surface area (Å²) in [5, 5.41) is 9.03. The van der Waals surface area contributed by atoms with Crippen LogP contribution in [0, 0.1) is 5.82 Å². The molecule has 1 unspecified atom stereocenters. The first-order valence-electron chi connectivity index (χ1n) is 4.21. The van der Waals surface area contributed by atoms with Crippen molar-refractivity contribution in [3.05, 3.63) is 34.1 Å². The third kappa shape index (κ3) is 3.44. The van der Waals surface area contributed by atoms with Crippen LogP contribution >= 0.6 is 15.9 Å². The third-order valence-electron chi connectivity index (χ3n) is 1.83. The molecule has 1 aromatic carbocycles. The molecule has 1 N–H and O–H groups in total. The van der Waals surface area contributed by atoms with Crippen molar-refractivity contribution in [3.63, 3.8) is 0 Å². The molecule has 1 atom stereocenters. The summed E-state index contributed by atoms with van der Waals surface area (Å²) in [7, 11) is 0. The standard InChI is InChI=1S/C10H12BrFO/c1-7(13)2-3-8-4-5-9(11)10(12)6-8/h4-7,13H,2-3H2,1H3. The van der Waals surface area contributed by atoms with Gasteiger partial charge in [-0.2, -0.15) is 0 Å². The van der Waals surface area contributed by atoms with Crippen molar-refractivity contribution in [2.24, 2.45) is 0 Å². The van der Waals surface area contributed by atoms with Crippen LogP contribution in [0.2, 0.25) is 0 Å². The molecular weight excluding hydrogens is 235 g/mol. The SMILES string of the molecule is CC(O)CCc1ccc(Br)c(F)c1. The highest BCUT2D eigenvalue weighted by molar-refractivity contribution is 9.10. The molecule has 0 aliphatic rings. The van der Waals surface area contributed by atoms with Crippen molar-refractivity contribution >= 4 is 15.9 Å². The molecule has 0 fully saturated rings. The Morgan fingerprint density at radius 2 is 2.23 bits per heavy atom. The van der Waals surface area contributed by atoms with Crippen molar-refractivity contribution in [2.75, 3.05) is 0 Å². The lowest BCUT2D eigenvalue weighted by Crippen LogP contribution is -2.01. The van der Waals surface area contributed by atoms with Crippen molar-refractivity contribution in [1.82, 2.24) is 0 Å². The van der Waals surface area contributed by atoms with E-state index in [1.165, 1.54) is 6.07 Å². The molecule has 0 aliphatic carbocycles. The van der Waals surface area contributed by atoms with Gasteiger partial charge in [-0.1, -0.05) is 6.07 Å². The highest BCUT2D eigenvalue weighted by Crippen LogP contribution is 2.17. The first-order valence-corrected chi connectivity index (χ1v) is 5.01. The fourth-order valence-electron chi connectivity index (χ4n) is 1.07. The summed E-state index contributed by atoms with van der Waals surface area (Å²) in [4.78, 5) is 0. The van der Waals surface area contributed by atoms with E-state index in [2.05, 4.69) is 15.9 Å². The largest absolute Gasteiger partial charge is 0.393 e. The maximum Gasteiger partial charge on any atom is 0.137 e. The van der Waals surface area contributed by atoms with Gasteiger partial charge in [0.2, 0.25) is 0 Å². The van der Waals surface area contributed by atoms with Gasteiger partial charge in [0.1, 0.15) is 5.82 Å². The molecule has 1 rings (SSSR count). The predicted molar refractivity (Wildman–Crippen MR) is 54.1 cm³/mol. The molecule has 0 bridgehead atoms. The van der Waals surface area contributed by atoms with Gasteiger partial charge in [0.05, 0.1) is 10.6 Å². The van der Waals surface area contributed by atoms with Gasteiger partial charge in [0.15, 0.2) is 0 Å². The monoisotopic (exact) mass is 246 g/mol. The highest BCUT2D eigenvalue weighted by Gasteiger charge is 2.02. The Hall–Kier alpha value is -0.410. The van der Waals surface area contributed by atoms with Crippen LogP contribution in [-0.2, 0) is 6.42 Å². The van der Waals surface area contributed by atoms with Crippen LogP contribution in [0.4, 0.5) is 4.39 Å². The molecule has 3 heteroatoms. The molecule has 0 saturated heterocycles. The number of aryl methyl sites for hydroxylation is 1. The molecule has 0 amide bonds. The summed E-state index contributed by atoms with van der Waals surface area (Å²) in [6.45, 7) is 1.73. The topological polar surface area (TPSA) is 20.2 Å². The predicted octanol–water partition coefficient (Wildman–Crippen LogP) is 2.90. The van der Waals surface area contributed by atoms with Gasteiger partial charge in [-0.25, -0.2) is 4.39 Å².